The van der Waals surface area contributed by atoms with Gasteiger partial charge in [-0.15, -0.1) is 0 Å². The minimum Gasteiger partial charge on any atom is -0.444 e. The third-order valence-electron chi connectivity index (χ3n) is 3.35. The predicted octanol–water partition coefficient (Wildman–Crippen LogP) is 2.98. The Labute approximate surface area is 126 Å². The first-order valence-corrected chi connectivity index (χ1v) is 9.34. The molecule has 0 aromatic carbocycles. The monoisotopic (exact) mass is 325 g/mol. The summed E-state index contributed by atoms with van der Waals surface area (Å²) in [6.45, 7) is 8.33. The first-order chi connectivity index (χ1) is 8.96. The van der Waals surface area contributed by atoms with Crippen molar-refractivity contribution in [3.05, 3.63) is 0 Å². The lowest BCUT2D eigenvalue weighted by Gasteiger charge is -2.29. The summed E-state index contributed by atoms with van der Waals surface area (Å²) >= 11 is 0. The molecule has 0 saturated carbocycles. The molecule has 1 aliphatic heterocycles. The van der Waals surface area contributed by atoms with Crippen LogP contribution in [0.15, 0.2) is 0 Å². The Morgan fingerprint density at radius 3 is 2.45 bits per heavy atom. The van der Waals surface area contributed by atoms with Crippen molar-refractivity contribution in [2.75, 3.05) is 18.8 Å². The molecule has 0 bridgehead atoms. The van der Waals surface area contributed by atoms with Gasteiger partial charge in [0.05, 0.1) is 5.75 Å². The molecule has 0 aromatic rings. The van der Waals surface area contributed by atoms with Crippen LogP contribution in [0.25, 0.3) is 0 Å². The molecule has 7 heteroatoms. The van der Waals surface area contributed by atoms with Crippen LogP contribution in [0.5, 0.6) is 0 Å². The van der Waals surface area contributed by atoms with Gasteiger partial charge in [-0.2, -0.15) is 0 Å². The fraction of sp³-hybridized carbons (Fsp3) is 0.923. The molecule has 0 spiro atoms. The fourth-order valence-corrected chi connectivity index (χ4v) is 4.51. The van der Waals surface area contributed by atoms with E-state index in [1.807, 2.05) is 27.7 Å². The van der Waals surface area contributed by atoms with Gasteiger partial charge < -0.3 is 9.64 Å². The average Bonchev–Trinajstić information content (AvgIpc) is 2.57. The quantitative estimate of drug-likeness (QED) is 0.745. The molecule has 1 heterocycles. The number of carbonyl (C=O) groups is 1. The lowest BCUT2D eigenvalue weighted by Crippen LogP contribution is -2.38. The molecular formula is C13H24ClNO4S. The maximum atomic E-state index is 12.0. The summed E-state index contributed by atoms with van der Waals surface area (Å²) in [5.41, 5.74) is -0.988. The van der Waals surface area contributed by atoms with Gasteiger partial charge in [-0.25, -0.2) is 13.2 Å². The number of halogens is 1. The van der Waals surface area contributed by atoms with E-state index < -0.39 is 20.1 Å². The number of likely N-dealkylation sites (tertiary alicyclic amines) is 1. The van der Waals surface area contributed by atoms with Gasteiger partial charge in [0.1, 0.15) is 5.60 Å². The van der Waals surface area contributed by atoms with E-state index in [4.69, 9.17) is 15.4 Å². The van der Waals surface area contributed by atoms with Crippen molar-refractivity contribution in [3.8, 4) is 0 Å². The van der Waals surface area contributed by atoms with Crippen LogP contribution < -0.4 is 0 Å². The second kappa shape index (κ2) is 6.10. The topological polar surface area (TPSA) is 63.7 Å². The summed E-state index contributed by atoms with van der Waals surface area (Å²) in [7, 11) is 1.83. The smallest absolute Gasteiger partial charge is 0.410 e. The van der Waals surface area contributed by atoms with Gasteiger partial charge >= 0.3 is 6.09 Å². The number of hydrogen-bond donors (Lipinski definition) is 0. The molecule has 5 nitrogen and oxygen atoms in total. The van der Waals surface area contributed by atoms with Crippen LogP contribution in [0.4, 0.5) is 4.79 Å². The molecule has 20 heavy (non-hydrogen) atoms. The predicted molar refractivity (Wildman–Crippen MR) is 79.4 cm³/mol. The third kappa shape index (κ3) is 5.48. The molecule has 0 aliphatic carbocycles. The van der Waals surface area contributed by atoms with Crippen molar-refractivity contribution in [1.29, 1.82) is 0 Å². The van der Waals surface area contributed by atoms with Crippen LogP contribution in [0.2, 0.25) is 0 Å². The van der Waals surface area contributed by atoms with Gasteiger partial charge in [0.25, 0.3) is 0 Å². The summed E-state index contributed by atoms with van der Waals surface area (Å²) < 4.78 is 28.1. The highest BCUT2D eigenvalue weighted by Crippen LogP contribution is 2.38. The Bertz CT molecular complexity index is 457. The SMILES string of the molecule is CCCC1(CS(=O)(=O)Cl)CCN(C(=O)OC(C)(C)C)C1. The van der Waals surface area contributed by atoms with Gasteiger partial charge in [0, 0.05) is 29.2 Å². The molecule has 1 aliphatic rings. The molecule has 1 atom stereocenters. The second-order valence-corrected chi connectivity index (χ2v) is 9.36. The highest BCUT2D eigenvalue weighted by Gasteiger charge is 2.43. The van der Waals surface area contributed by atoms with Crippen LogP contribution in [-0.2, 0) is 13.8 Å². The van der Waals surface area contributed by atoms with E-state index in [0.29, 0.717) is 19.5 Å². The maximum absolute atomic E-state index is 12.0. The highest BCUT2D eigenvalue weighted by molar-refractivity contribution is 8.13. The summed E-state index contributed by atoms with van der Waals surface area (Å²) in [5, 5.41) is 0. The summed E-state index contributed by atoms with van der Waals surface area (Å²) in [6.07, 6.45) is 1.85. The van der Waals surface area contributed by atoms with Crippen molar-refractivity contribution >= 4 is 25.8 Å². The standard InChI is InChI=1S/C13H24ClNO4S/c1-5-6-13(10-20(14,17)18)7-8-15(9-13)11(16)19-12(2,3)4/h5-10H2,1-4H3. The summed E-state index contributed by atoms with van der Waals surface area (Å²) in [5.74, 6) is -0.0886. The van der Waals surface area contributed by atoms with Gasteiger partial charge in [0.15, 0.2) is 0 Å². The number of ether oxygens (including phenoxy) is 1. The third-order valence-corrected chi connectivity index (χ3v) is 4.63. The van der Waals surface area contributed by atoms with E-state index in [1.54, 1.807) is 4.90 Å². The van der Waals surface area contributed by atoms with E-state index in [-0.39, 0.29) is 11.8 Å². The lowest BCUT2D eigenvalue weighted by molar-refractivity contribution is 0.0274. The van der Waals surface area contributed by atoms with Crippen molar-refractivity contribution in [1.82, 2.24) is 4.90 Å². The number of carbonyl (C=O) groups excluding carboxylic acids is 1. The van der Waals surface area contributed by atoms with Crippen molar-refractivity contribution in [3.63, 3.8) is 0 Å². The van der Waals surface area contributed by atoms with Crippen LogP contribution in [0, 0.1) is 5.41 Å². The Kier molecular flexibility index (Phi) is 5.35. The Balaban J connectivity index is 2.77. The maximum Gasteiger partial charge on any atom is 0.410 e. The Morgan fingerprint density at radius 1 is 1.40 bits per heavy atom. The fourth-order valence-electron chi connectivity index (χ4n) is 2.71. The van der Waals surface area contributed by atoms with Crippen molar-refractivity contribution in [2.45, 2.75) is 52.6 Å². The molecule has 1 saturated heterocycles. The van der Waals surface area contributed by atoms with Crippen LogP contribution >= 0.6 is 10.7 Å². The zero-order chi connectivity index (χ0) is 15.6. The van der Waals surface area contributed by atoms with E-state index in [9.17, 15) is 13.2 Å². The summed E-state index contributed by atoms with van der Waals surface area (Å²) in [4.78, 5) is 13.6. The molecule has 0 aromatic heterocycles. The molecule has 118 valence electrons. The summed E-state index contributed by atoms with van der Waals surface area (Å²) in [6, 6.07) is 0. The van der Waals surface area contributed by atoms with Crippen LogP contribution in [0.1, 0.15) is 47.0 Å². The van der Waals surface area contributed by atoms with Gasteiger partial charge in [-0.3, -0.25) is 0 Å². The number of rotatable bonds is 4. The number of hydrogen-bond acceptors (Lipinski definition) is 4. The minimum atomic E-state index is -3.58. The normalized spacial score (nSPS) is 23.9. The van der Waals surface area contributed by atoms with E-state index in [2.05, 4.69) is 0 Å². The Morgan fingerprint density at radius 2 is 2.00 bits per heavy atom. The van der Waals surface area contributed by atoms with Crippen molar-refractivity contribution < 1.29 is 17.9 Å². The van der Waals surface area contributed by atoms with Crippen LogP contribution in [-0.4, -0.2) is 43.9 Å². The lowest BCUT2D eigenvalue weighted by atomic mass is 9.85. The zero-order valence-electron chi connectivity index (χ0n) is 12.6. The molecule has 1 rings (SSSR count). The average molecular weight is 326 g/mol. The van der Waals surface area contributed by atoms with E-state index in [1.165, 1.54) is 0 Å². The highest BCUT2D eigenvalue weighted by atomic mass is 35.7. The molecule has 1 fully saturated rings. The van der Waals surface area contributed by atoms with Gasteiger partial charge in [-0.05, 0) is 33.6 Å². The van der Waals surface area contributed by atoms with Crippen molar-refractivity contribution in [2.24, 2.45) is 5.41 Å². The molecule has 1 unspecified atom stereocenters. The molecule has 1 amide bonds. The molecule has 0 radical (unpaired) electrons. The van der Waals surface area contributed by atoms with E-state index >= 15 is 0 Å². The largest absolute Gasteiger partial charge is 0.444 e. The van der Waals surface area contributed by atoms with Crippen LogP contribution in [0.3, 0.4) is 0 Å². The van der Waals surface area contributed by atoms with E-state index in [0.717, 1.165) is 12.8 Å². The second-order valence-electron chi connectivity index (χ2n) is 6.59. The first kappa shape index (κ1) is 17.6. The van der Waals surface area contributed by atoms with Gasteiger partial charge in [-0.1, -0.05) is 13.3 Å². The van der Waals surface area contributed by atoms with Gasteiger partial charge in [0.2, 0.25) is 9.05 Å². The molecular weight excluding hydrogens is 302 g/mol. The number of nitrogens with zero attached hydrogens (tertiary/aromatic N) is 1. The molecule has 0 N–H and O–H groups in total. The minimum absolute atomic E-state index is 0.0886. The Hall–Kier alpha value is -0.490. The first-order valence-electron chi connectivity index (χ1n) is 6.87. The number of amides is 1. The zero-order valence-corrected chi connectivity index (χ0v) is 14.2.